The third-order valence-corrected chi connectivity index (χ3v) is 9.06. The lowest BCUT2D eigenvalue weighted by Crippen LogP contribution is -2.30. The van der Waals surface area contributed by atoms with Crippen molar-refractivity contribution in [3.05, 3.63) is 53.1 Å². The quantitative estimate of drug-likeness (QED) is 0.384. The van der Waals surface area contributed by atoms with Crippen LogP contribution in [0.3, 0.4) is 0 Å². The van der Waals surface area contributed by atoms with Crippen LogP contribution in [-0.2, 0) is 27.1 Å². The smallest absolute Gasteiger partial charge is 0.243 e. The van der Waals surface area contributed by atoms with E-state index in [-0.39, 0.29) is 11.0 Å². The maximum absolute atomic E-state index is 13.0. The van der Waals surface area contributed by atoms with Crippen LogP contribution in [0, 0.1) is 0 Å². The standard InChI is InChI=1S/C23H28ClN3O3S2/c1-3-26(4-2)32(28,29)20-11-12-22-21(14-20)25-23(27(22)15-19-6-5-13-30-19)31-16-17-7-9-18(24)10-8-17/h7-12,14,19H,3-6,13,15-16H2,1-2H3. The molecule has 1 atom stereocenters. The van der Waals surface area contributed by atoms with Crippen LogP contribution in [0.4, 0.5) is 0 Å². The van der Waals surface area contributed by atoms with Crippen molar-refractivity contribution in [1.29, 1.82) is 0 Å². The monoisotopic (exact) mass is 493 g/mol. The first-order chi connectivity index (χ1) is 15.4. The van der Waals surface area contributed by atoms with Crippen molar-refractivity contribution in [2.24, 2.45) is 0 Å². The molecule has 2 aromatic carbocycles. The highest BCUT2D eigenvalue weighted by atomic mass is 35.5. The third-order valence-electron chi connectivity index (χ3n) is 5.72. The summed E-state index contributed by atoms with van der Waals surface area (Å²) < 4.78 is 35.5. The molecule has 0 N–H and O–H groups in total. The second-order valence-corrected chi connectivity index (χ2v) is 11.1. The molecule has 1 aliphatic rings. The highest BCUT2D eigenvalue weighted by molar-refractivity contribution is 7.98. The predicted molar refractivity (Wildman–Crippen MR) is 130 cm³/mol. The van der Waals surface area contributed by atoms with Gasteiger partial charge in [0.1, 0.15) is 0 Å². The number of hydrogen-bond acceptors (Lipinski definition) is 5. The van der Waals surface area contributed by atoms with Crippen LogP contribution < -0.4 is 0 Å². The fraction of sp³-hybridized carbons (Fsp3) is 0.435. The minimum absolute atomic E-state index is 0.154. The van der Waals surface area contributed by atoms with Gasteiger partial charge in [0.05, 0.1) is 28.6 Å². The Bertz CT molecular complexity index is 1170. The fourth-order valence-electron chi connectivity index (χ4n) is 3.97. The average Bonchev–Trinajstić information content (AvgIpc) is 3.42. The van der Waals surface area contributed by atoms with E-state index in [1.807, 2.05) is 44.2 Å². The van der Waals surface area contributed by atoms with Gasteiger partial charge < -0.3 is 9.30 Å². The van der Waals surface area contributed by atoms with E-state index in [4.69, 9.17) is 21.3 Å². The van der Waals surface area contributed by atoms with Gasteiger partial charge in [-0.2, -0.15) is 4.31 Å². The molecule has 9 heteroatoms. The van der Waals surface area contributed by atoms with Gasteiger partial charge in [-0.15, -0.1) is 0 Å². The van der Waals surface area contributed by atoms with Gasteiger partial charge in [0.2, 0.25) is 10.0 Å². The van der Waals surface area contributed by atoms with E-state index in [0.29, 0.717) is 30.2 Å². The van der Waals surface area contributed by atoms with Gasteiger partial charge in [0.15, 0.2) is 5.16 Å². The van der Waals surface area contributed by atoms with Crippen LogP contribution in [0.5, 0.6) is 0 Å². The third kappa shape index (κ3) is 4.99. The Morgan fingerprint density at radius 1 is 1.19 bits per heavy atom. The predicted octanol–water partition coefficient (Wildman–Crippen LogP) is 5.19. The van der Waals surface area contributed by atoms with E-state index in [2.05, 4.69) is 4.57 Å². The number of imidazole rings is 1. The van der Waals surface area contributed by atoms with Crippen LogP contribution in [0.25, 0.3) is 11.0 Å². The molecular weight excluding hydrogens is 466 g/mol. The van der Waals surface area contributed by atoms with Gasteiger partial charge in [-0.1, -0.05) is 49.3 Å². The molecule has 0 bridgehead atoms. The number of benzene rings is 2. The Labute approximate surface area is 199 Å². The van der Waals surface area contributed by atoms with Crippen LogP contribution >= 0.6 is 23.4 Å². The van der Waals surface area contributed by atoms with Crippen LogP contribution in [0.1, 0.15) is 32.3 Å². The molecule has 2 heterocycles. The number of hydrogen-bond donors (Lipinski definition) is 0. The number of rotatable bonds is 9. The molecule has 32 heavy (non-hydrogen) atoms. The highest BCUT2D eigenvalue weighted by Gasteiger charge is 2.24. The van der Waals surface area contributed by atoms with Gasteiger partial charge in [0.25, 0.3) is 0 Å². The molecule has 0 spiro atoms. The van der Waals surface area contributed by atoms with Crippen molar-refractivity contribution in [1.82, 2.24) is 13.9 Å². The average molecular weight is 494 g/mol. The van der Waals surface area contributed by atoms with Crippen molar-refractivity contribution in [3.63, 3.8) is 0 Å². The molecule has 172 valence electrons. The highest BCUT2D eigenvalue weighted by Crippen LogP contribution is 2.31. The van der Waals surface area contributed by atoms with Gasteiger partial charge in [-0.3, -0.25) is 0 Å². The minimum atomic E-state index is -3.54. The molecule has 0 radical (unpaired) electrons. The Balaban J connectivity index is 1.69. The van der Waals surface area contributed by atoms with E-state index in [1.54, 1.807) is 23.9 Å². The molecule has 1 fully saturated rings. The summed E-state index contributed by atoms with van der Waals surface area (Å²) >= 11 is 7.64. The normalized spacial score (nSPS) is 16.9. The topological polar surface area (TPSA) is 64.4 Å². The summed E-state index contributed by atoms with van der Waals surface area (Å²) in [4.78, 5) is 5.12. The lowest BCUT2D eigenvalue weighted by Gasteiger charge is -2.18. The second kappa shape index (κ2) is 10.1. The number of sulfonamides is 1. The molecule has 0 saturated carbocycles. The first kappa shape index (κ1) is 23.6. The molecule has 1 aromatic heterocycles. The molecule has 1 unspecified atom stereocenters. The summed E-state index contributed by atoms with van der Waals surface area (Å²) in [5.41, 5.74) is 2.77. The molecule has 0 amide bonds. The van der Waals surface area contributed by atoms with Gasteiger partial charge in [0, 0.05) is 30.5 Å². The number of ether oxygens (including phenoxy) is 1. The maximum atomic E-state index is 13.0. The molecular formula is C23H28ClN3O3S2. The van der Waals surface area contributed by atoms with Crippen LogP contribution in [0.15, 0.2) is 52.5 Å². The first-order valence-corrected chi connectivity index (χ1v) is 13.7. The summed E-state index contributed by atoms with van der Waals surface area (Å²) in [5, 5.41) is 1.58. The molecule has 4 rings (SSSR count). The fourth-order valence-corrected chi connectivity index (χ4v) is 6.55. The van der Waals surface area contributed by atoms with E-state index < -0.39 is 10.0 Å². The molecule has 0 aliphatic carbocycles. The summed E-state index contributed by atoms with van der Waals surface area (Å²) in [6, 6.07) is 13.1. The van der Waals surface area contributed by atoms with E-state index >= 15 is 0 Å². The molecule has 6 nitrogen and oxygen atoms in total. The van der Waals surface area contributed by atoms with Crippen molar-refractivity contribution in [3.8, 4) is 0 Å². The van der Waals surface area contributed by atoms with E-state index in [9.17, 15) is 8.42 Å². The molecule has 1 aliphatic heterocycles. The Hall–Kier alpha value is -1.58. The van der Waals surface area contributed by atoms with Crippen molar-refractivity contribution in [2.75, 3.05) is 19.7 Å². The first-order valence-electron chi connectivity index (χ1n) is 10.9. The summed E-state index contributed by atoms with van der Waals surface area (Å²) in [5.74, 6) is 0.747. The number of thioether (sulfide) groups is 1. The summed E-state index contributed by atoms with van der Waals surface area (Å²) in [6.45, 7) is 6.07. The van der Waals surface area contributed by atoms with Gasteiger partial charge in [-0.05, 0) is 48.7 Å². The number of nitrogens with zero attached hydrogens (tertiary/aromatic N) is 3. The number of aromatic nitrogens is 2. The Morgan fingerprint density at radius 2 is 1.94 bits per heavy atom. The summed E-state index contributed by atoms with van der Waals surface area (Å²) in [6.07, 6.45) is 2.24. The zero-order valence-corrected chi connectivity index (χ0v) is 20.7. The zero-order valence-electron chi connectivity index (χ0n) is 18.3. The van der Waals surface area contributed by atoms with E-state index in [0.717, 1.165) is 41.4 Å². The number of halogens is 1. The SMILES string of the molecule is CCN(CC)S(=O)(=O)c1ccc2c(c1)nc(SCc1ccc(Cl)cc1)n2CC1CCCO1. The van der Waals surface area contributed by atoms with Crippen molar-refractivity contribution >= 4 is 44.4 Å². The van der Waals surface area contributed by atoms with Crippen molar-refractivity contribution < 1.29 is 13.2 Å². The van der Waals surface area contributed by atoms with Gasteiger partial charge >= 0.3 is 0 Å². The second-order valence-electron chi connectivity index (χ2n) is 7.80. The lowest BCUT2D eigenvalue weighted by molar-refractivity contribution is 0.0960. The Morgan fingerprint density at radius 3 is 2.59 bits per heavy atom. The lowest BCUT2D eigenvalue weighted by atomic mass is 10.2. The molecule has 3 aromatic rings. The van der Waals surface area contributed by atoms with Crippen LogP contribution in [0.2, 0.25) is 5.02 Å². The molecule has 1 saturated heterocycles. The zero-order chi connectivity index (χ0) is 22.7. The van der Waals surface area contributed by atoms with Gasteiger partial charge in [-0.25, -0.2) is 13.4 Å². The largest absolute Gasteiger partial charge is 0.376 e. The minimum Gasteiger partial charge on any atom is -0.376 e. The van der Waals surface area contributed by atoms with Crippen molar-refractivity contribution in [2.45, 2.75) is 55.1 Å². The van der Waals surface area contributed by atoms with E-state index in [1.165, 1.54) is 4.31 Å². The van der Waals surface area contributed by atoms with Crippen LogP contribution in [-0.4, -0.2) is 48.1 Å². The number of fused-ring (bicyclic) bond motifs is 1. The maximum Gasteiger partial charge on any atom is 0.243 e. The summed E-state index contributed by atoms with van der Waals surface area (Å²) in [7, 11) is -3.54. The Kier molecular flexibility index (Phi) is 7.47.